The molecular formula is C6H9N. The third-order valence-electron chi connectivity index (χ3n) is 0.664. The van der Waals surface area contributed by atoms with Crippen molar-refractivity contribution in [3.63, 3.8) is 0 Å². The van der Waals surface area contributed by atoms with E-state index in [0.717, 1.165) is 5.57 Å². The molecule has 0 saturated carbocycles. The van der Waals surface area contributed by atoms with Crippen molar-refractivity contribution < 1.29 is 0 Å². The molecule has 0 radical (unpaired) electrons. The Bertz CT molecular complexity index is 111. The van der Waals surface area contributed by atoms with Crippen molar-refractivity contribution in [1.82, 2.24) is 0 Å². The third kappa shape index (κ3) is 1.93. The molecule has 7 heavy (non-hydrogen) atoms. The summed E-state index contributed by atoms with van der Waals surface area (Å²) >= 11 is 0. The van der Waals surface area contributed by atoms with E-state index in [4.69, 9.17) is 5.41 Å². The molecule has 1 N–H and O–H groups in total. The Balaban J connectivity index is 3.81. The fraction of sp³-hybridized carbons (Fsp3) is 0.167. The first-order chi connectivity index (χ1) is 3.18. The van der Waals surface area contributed by atoms with E-state index in [1.165, 1.54) is 6.08 Å². The second-order valence-corrected chi connectivity index (χ2v) is 1.40. The lowest BCUT2D eigenvalue weighted by Crippen LogP contribution is -1.87. The van der Waals surface area contributed by atoms with Gasteiger partial charge in [-0.3, -0.25) is 0 Å². The first kappa shape index (κ1) is 6.15. The molecule has 0 spiro atoms. The van der Waals surface area contributed by atoms with E-state index in [2.05, 4.69) is 13.2 Å². The van der Waals surface area contributed by atoms with Crippen LogP contribution < -0.4 is 0 Å². The lowest BCUT2D eigenvalue weighted by atomic mass is 10.2. The Hall–Kier alpha value is -0.850. The van der Waals surface area contributed by atoms with Crippen LogP contribution in [0.15, 0.2) is 24.8 Å². The average molecular weight is 95.1 g/mol. The van der Waals surface area contributed by atoms with Crippen LogP contribution in [0.25, 0.3) is 0 Å². The zero-order chi connectivity index (χ0) is 5.86. The largest absolute Gasteiger partial charge is 0.301 e. The summed E-state index contributed by atoms with van der Waals surface area (Å²) in [5, 5.41) is 6.97. The first-order valence-corrected chi connectivity index (χ1v) is 2.05. The highest BCUT2D eigenvalue weighted by atomic mass is 14.4. The van der Waals surface area contributed by atoms with Crippen LogP contribution in [-0.4, -0.2) is 5.71 Å². The van der Waals surface area contributed by atoms with Gasteiger partial charge < -0.3 is 5.41 Å². The molecule has 0 aliphatic carbocycles. The van der Waals surface area contributed by atoms with Crippen molar-refractivity contribution in [2.24, 2.45) is 0 Å². The molecule has 0 fully saturated rings. The maximum atomic E-state index is 6.97. The van der Waals surface area contributed by atoms with Crippen LogP contribution in [0.1, 0.15) is 6.92 Å². The summed E-state index contributed by atoms with van der Waals surface area (Å²) in [5.74, 6) is 0. The van der Waals surface area contributed by atoms with Crippen molar-refractivity contribution in [2.45, 2.75) is 6.92 Å². The smallest absolute Gasteiger partial charge is 0.0557 e. The van der Waals surface area contributed by atoms with Crippen LogP contribution in [0.3, 0.4) is 0 Å². The zero-order valence-electron chi connectivity index (χ0n) is 4.49. The molecule has 0 aromatic heterocycles. The molecule has 38 valence electrons. The van der Waals surface area contributed by atoms with Gasteiger partial charge in [-0.1, -0.05) is 13.2 Å². The van der Waals surface area contributed by atoms with Gasteiger partial charge in [-0.15, -0.1) is 0 Å². The molecule has 0 aromatic carbocycles. The van der Waals surface area contributed by atoms with Crippen molar-refractivity contribution in [2.75, 3.05) is 0 Å². The normalized spacial score (nSPS) is 7.57. The first-order valence-electron chi connectivity index (χ1n) is 2.05. The SMILES string of the molecule is C=CC(=N)C(=C)C. The maximum absolute atomic E-state index is 6.97. The number of nitrogens with one attached hydrogen (secondary N) is 1. The fourth-order valence-electron chi connectivity index (χ4n) is 0.174. The van der Waals surface area contributed by atoms with E-state index in [1.807, 2.05) is 0 Å². The zero-order valence-corrected chi connectivity index (χ0v) is 4.49. The van der Waals surface area contributed by atoms with Crippen LogP contribution in [0.2, 0.25) is 0 Å². The lowest BCUT2D eigenvalue weighted by molar-refractivity contribution is 1.47. The van der Waals surface area contributed by atoms with Crippen LogP contribution in [0.5, 0.6) is 0 Å². The number of rotatable bonds is 2. The highest BCUT2D eigenvalue weighted by Gasteiger charge is 1.84. The van der Waals surface area contributed by atoms with Crippen molar-refractivity contribution >= 4 is 5.71 Å². The number of hydrogen-bond acceptors (Lipinski definition) is 1. The van der Waals surface area contributed by atoms with Gasteiger partial charge in [0.15, 0.2) is 0 Å². The average Bonchev–Trinajstić information content (AvgIpc) is 1.65. The van der Waals surface area contributed by atoms with E-state index < -0.39 is 0 Å². The van der Waals surface area contributed by atoms with Gasteiger partial charge in [0, 0.05) is 0 Å². The number of hydrogen-bond donors (Lipinski definition) is 1. The summed E-state index contributed by atoms with van der Waals surface area (Å²) in [4.78, 5) is 0. The van der Waals surface area contributed by atoms with Gasteiger partial charge in [0.2, 0.25) is 0 Å². The molecule has 0 unspecified atom stereocenters. The Labute approximate surface area is 43.9 Å². The van der Waals surface area contributed by atoms with E-state index in [1.54, 1.807) is 6.92 Å². The summed E-state index contributed by atoms with van der Waals surface area (Å²) in [7, 11) is 0. The fourth-order valence-corrected chi connectivity index (χ4v) is 0.174. The van der Waals surface area contributed by atoms with Crippen LogP contribution >= 0.6 is 0 Å². The Kier molecular flexibility index (Phi) is 2.06. The monoisotopic (exact) mass is 95.1 g/mol. The van der Waals surface area contributed by atoms with Gasteiger partial charge in [-0.2, -0.15) is 0 Å². The van der Waals surface area contributed by atoms with Crippen molar-refractivity contribution in [3.05, 3.63) is 24.8 Å². The van der Waals surface area contributed by atoms with Crippen molar-refractivity contribution in [3.8, 4) is 0 Å². The van der Waals surface area contributed by atoms with Crippen LogP contribution in [0.4, 0.5) is 0 Å². The van der Waals surface area contributed by atoms with Gasteiger partial charge in [0.25, 0.3) is 0 Å². The molecule has 0 heterocycles. The van der Waals surface area contributed by atoms with Gasteiger partial charge in [0.05, 0.1) is 5.71 Å². The Morgan fingerprint density at radius 1 is 1.71 bits per heavy atom. The molecule has 0 bridgehead atoms. The lowest BCUT2D eigenvalue weighted by Gasteiger charge is -1.88. The molecule has 0 rings (SSSR count). The topological polar surface area (TPSA) is 23.9 Å². The van der Waals surface area contributed by atoms with Gasteiger partial charge in [0.1, 0.15) is 0 Å². The molecule has 1 nitrogen and oxygen atoms in total. The summed E-state index contributed by atoms with van der Waals surface area (Å²) in [6.07, 6.45) is 1.47. The quantitative estimate of drug-likeness (QED) is 0.505. The second kappa shape index (κ2) is 2.35. The molecule has 0 aromatic rings. The minimum Gasteiger partial charge on any atom is -0.301 e. The van der Waals surface area contributed by atoms with Crippen LogP contribution in [0, 0.1) is 5.41 Å². The predicted molar refractivity (Wildman–Crippen MR) is 32.7 cm³/mol. The predicted octanol–water partition coefficient (Wildman–Crippen LogP) is 1.77. The van der Waals surface area contributed by atoms with E-state index in [9.17, 15) is 0 Å². The number of allylic oxidation sites excluding steroid dienone is 2. The molecule has 0 amide bonds. The summed E-state index contributed by atoms with van der Waals surface area (Å²) in [6, 6.07) is 0. The third-order valence-corrected chi connectivity index (χ3v) is 0.664. The summed E-state index contributed by atoms with van der Waals surface area (Å²) in [5.41, 5.74) is 1.18. The van der Waals surface area contributed by atoms with Gasteiger partial charge in [-0.05, 0) is 18.6 Å². The van der Waals surface area contributed by atoms with Crippen LogP contribution in [-0.2, 0) is 0 Å². The summed E-state index contributed by atoms with van der Waals surface area (Å²) < 4.78 is 0. The Morgan fingerprint density at radius 2 is 2.14 bits per heavy atom. The molecule has 0 saturated heterocycles. The van der Waals surface area contributed by atoms with E-state index in [-0.39, 0.29) is 0 Å². The van der Waals surface area contributed by atoms with Crippen molar-refractivity contribution in [1.29, 1.82) is 5.41 Å². The maximum Gasteiger partial charge on any atom is 0.0557 e. The summed E-state index contributed by atoms with van der Waals surface area (Å²) in [6.45, 7) is 8.71. The van der Waals surface area contributed by atoms with E-state index in [0.29, 0.717) is 5.71 Å². The molecule has 0 aliphatic heterocycles. The molecule has 0 atom stereocenters. The molecule has 0 aliphatic rings. The minimum atomic E-state index is 0.417. The second-order valence-electron chi connectivity index (χ2n) is 1.40. The highest BCUT2D eigenvalue weighted by molar-refractivity contribution is 6.04. The standard InChI is InChI=1S/C6H9N/c1-4-6(7)5(2)3/h4,7H,1-2H2,3H3. The van der Waals surface area contributed by atoms with E-state index >= 15 is 0 Å². The van der Waals surface area contributed by atoms with Gasteiger partial charge in [-0.25, -0.2) is 0 Å². The minimum absolute atomic E-state index is 0.417. The molecule has 1 heteroatoms. The molecular weight excluding hydrogens is 86.1 g/mol. The highest BCUT2D eigenvalue weighted by Crippen LogP contribution is 1.88. The Morgan fingerprint density at radius 3 is 2.14 bits per heavy atom. The van der Waals surface area contributed by atoms with Gasteiger partial charge >= 0.3 is 0 Å².